The molecule has 0 spiro atoms. The van der Waals surface area contributed by atoms with Gasteiger partial charge in [0.25, 0.3) is 0 Å². The Balaban J connectivity index is 1.96. The molecule has 0 saturated carbocycles. The molecule has 0 unspecified atom stereocenters. The number of para-hydroxylation sites is 4. The second-order valence-electron chi connectivity index (χ2n) is 4.43. The van der Waals surface area contributed by atoms with Crippen LogP contribution in [0.3, 0.4) is 0 Å². The summed E-state index contributed by atoms with van der Waals surface area (Å²) in [4.78, 5) is 23.7. The molecule has 6 heteroatoms. The minimum Gasteiger partial charge on any atom is -0.493 e. The van der Waals surface area contributed by atoms with Crippen LogP contribution in [0.4, 0.5) is 0 Å². The van der Waals surface area contributed by atoms with Crippen molar-refractivity contribution >= 4 is 11.9 Å². The molecule has 0 radical (unpaired) electrons. The maximum atomic E-state index is 11.8. The zero-order chi connectivity index (χ0) is 16.7. The van der Waals surface area contributed by atoms with Crippen molar-refractivity contribution in [1.82, 2.24) is 0 Å². The summed E-state index contributed by atoms with van der Waals surface area (Å²) in [6.45, 7) is 0. The van der Waals surface area contributed by atoms with E-state index in [-0.39, 0.29) is 11.5 Å². The van der Waals surface area contributed by atoms with Crippen molar-refractivity contribution in [1.29, 1.82) is 0 Å². The third-order valence-corrected chi connectivity index (χ3v) is 2.87. The first kappa shape index (κ1) is 16.4. The molecule has 2 aromatic rings. The van der Waals surface area contributed by atoms with E-state index < -0.39 is 18.4 Å². The lowest BCUT2D eigenvalue weighted by Crippen LogP contribution is -2.18. The molecular weight excluding hydrogens is 300 g/mol. The fourth-order valence-electron chi connectivity index (χ4n) is 1.84. The summed E-state index contributed by atoms with van der Waals surface area (Å²) in [5, 5.41) is 0. The molecule has 0 heterocycles. The minimum atomic E-state index is -0.741. The number of benzene rings is 2. The van der Waals surface area contributed by atoms with Crippen LogP contribution in [0.15, 0.2) is 48.5 Å². The van der Waals surface area contributed by atoms with Crippen molar-refractivity contribution in [3.8, 4) is 23.0 Å². The van der Waals surface area contributed by atoms with Gasteiger partial charge in [-0.3, -0.25) is 9.59 Å². The van der Waals surface area contributed by atoms with E-state index in [0.29, 0.717) is 11.5 Å². The number of methoxy groups -OCH3 is 2. The maximum absolute atomic E-state index is 11.8. The first-order chi connectivity index (χ1) is 11.1. The summed E-state index contributed by atoms with van der Waals surface area (Å²) in [5.74, 6) is -0.197. The molecule has 0 bridgehead atoms. The van der Waals surface area contributed by atoms with Crippen LogP contribution in [0.2, 0.25) is 0 Å². The van der Waals surface area contributed by atoms with Crippen LogP contribution in [0.5, 0.6) is 23.0 Å². The van der Waals surface area contributed by atoms with Crippen LogP contribution < -0.4 is 18.9 Å². The van der Waals surface area contributed by atoms with E-state index in [1.54, 1.807) is 48.5 Å². The Hall–Kier alpha value is -3.02. The van der Waals surface area contributed by atoms with Gasteiger partial charge in [-0.05, 0) is 24.3 Å². The highest BCUT2D eigenvalue weighted by Gasteiger charge is 2.17. The van der Waals surface area contributed by atoms with Crippen molar-refractivity contribution < 1.29 is 28.5 Å². The molecule has 0 amide bonds. The molecule has 0 aromatic heterocycles. The van der Waals surface area contributed by atoms with Gasteiger partial charge < -0.3 is 18.9 Å². The van der Waals surface area contributed by atoms with Crippen LogP contribution >= 0.6 is 0 Å². The number of hydrogen-bond donors (Lipinski definition) is 0. The fraction of sp³-hybridized carbons (Fsp3) is 0.176. The summed E-state index contributed by atoms with van der Waals surface area (Å²) < 4.78 is 20.3. The average molecular weight is 316 g/mol. The molecule has 120 valence electrons. The van der Waals surface area contributed by atoms with E-state index in [1.165, 1.54) is 14.2 Å². The molecule has 0 aliphatic heterocycles. The highest BCUT2D eigenvalue weighted by atomic mass is 16.6. The van der Waals surface area contributed by atoms with Gasteiger partial charge in [-0.15, -0.1) is 0 Å². The van der Waals surface area contributed by atoms with Crippen LogP contribution in [-0.2, 0) is 9.59 Å². The van der Waals surface area contributed by atoms with Crippen LogP contribution in [0.25, 0.3) is 0 Å². The van der Waals surface area contributed by atoms with E-state index in [4.69, 9.17) is 18.9 Å². The highest BCUT2D eigenvalue weighted by molar-refractivity contribution is 5.93. The van der Waals surface area contributed by atoms with Gasteiger partial charge in [-0.25, -0.2) is 0 Å². The van der Waals surface area contributed by atoms with E-state index in [2.05, 4.69) is 0 Å². The Morgan fingerprint density at radius 2 is 1.04 bits per heavy atom. The molecule has 0 aliphatic rings. The number of carbonyl (C=O) groups excluding carboxylic acids is 2. The first-order valence-electron chi connectivity index (χ1n) is 6.81. The molecule has 2 aromatic carbocycles. The van der Waals surface area contributed by atoms with Gasteiger partial charge in [-0.1, -0.05) is 24.3 Å². The Morgan fingerprint density at radius 1 is 0.696 bits per heavy atom. The number of carbonyl (C=O) groups is 2. The molecule has 23 heavy (non-hydrogen) atoms. The lowest BCUT2D eigenvalue weighted by Gasteiger charge is -2.10. The normalized spacial score (nSPS) is 9.83. The molecule has 0 saturated heterocycles. The van der Waals surface area contributed by atoms with E-state index in [0.717, 1.165) is 0 Å². The maximum Gasteiger partial charge on any atom is 0.322 e. The number of hydrogen-bond acceptors (Lipinski definition) is 6. The highest BCUT2D eigenvalue weighted by Crippen LogP contribution is 2.27. The van der Waals surface area contributed by atoms with Crippen LogP contribution in [-0.4, -0.2) is 26.2 Å². The van der Waals surface area contributed by atoms with Gasteiger partial charge in [0.15, 0.2) is 23.0 Å². The van der Waals surface area contributed by atoms with Crippen molar-refractivity contribution in [2.75, 3.05) is 14.2 Å². The standard InChI is InChI=1S/C17H16O6/c1-20-12-7-3-5-9-14(12)22-16(18)11-17(19)23-15-10-6-4-8-13(15)21-2/h3-10H,11H2,1-2H3. The van der Waals surface area contributed by atoms with Crippen LogP contribution in [0, 0.1) is 0 Å². The monoisotopic (exact) mass is 316 g/mol. The van der Waals surface area contributed by atoms with Gasteiger partial charge in [0.2, 0.25) is 0 Å². The molecule has 0 N–H and O–H groups in total. The van der Waals surface area contributed by atoms with E-state index >= 15 is 0 Å². The van der Waals surface area contributed by atoms with Crippen LogP contribution in [0.1, 0.15) is 6.42 Å². The van der Waals surface area contributed by atoms with Gasteiger partial charge >= 0.3 is 11.9 Å². The van der Waals surface area contributed by atoms with Crippen molar-refractivity contribution in [3.05, 3.63) is 48.5 Å². The lowest BCUT2D eigenvalue weighted by atomic mass is 10.3. The SMILES string of the molecule is COc1ccccc1OC(=O)CC(=O)Oc1ccccc1OC. The van der Waals surface area contributed by atoms with Crippen molar-refractivity contribution in [2.24, 2.45) is 0 Å². The quantitative estimate of drug-likeness (QED) is 0.463. The number of ether oxygens (including phenoxy) is 4. The van der Waals surface area contributed by atoms with Gasteiger partial charge in [0.1, 0.15) is 6.42 Å². The minimum absolute atomic E-state index is 0.241. The van der Waals surface area contributed by atoms with Crippen molar-refractivity contribution in [3.63, 3.8) is 0 Å². The second kappa shape index (κ2) is 7.84. The third kappa shape index (κ3) is 4.47. The summed E-state index contributed by atoms with van der Waals surface area (Å²) in [6, 6.07) is 13.3. The smallest absolute Gasteiger partial charge is 0.322 e. The lowest BCUT2D eigenvalue weighted by molar-refractivity contribution is -0.144. The van der Waals surface area contributed by atoms with E-state index in [9.17, 15) is 9.59 Å². The summed E-state index contributed by atoms with van der Waals surface area (Å²) in [5.41, 5.74) is 0. The Morgan fingerprint density at radius 3 is 1.39 bits per heavy atom. The first-order valence-corrected chi connectivity index (χ1v) is 6.81. The Labute approximate surface area is 133 Å². The number of rotatable bonds is 6. The summed E-state index contributed by atoms with van der Waals surface area (Å²) >= 11 is 0. The molecule has 0 atom stereocenters. The van der Waals surface area contributed by atoms with Gasteiger partial charge in [0.05, 0.1) is 14.2 Å². The fourth-order valence-corrected chi connectivity index (χ4v) is 1.84. The molecular formula is C17H16O6. The predicted molar refractivity (Wildman–Crippen MR) is 81.9 cm³/mol. The predicted octanol–water partition coefficient (Wildman–Crippen LogP) is 2.60. The van der Waals surface area contributed by atoms with Crippen molar-refractivity contribution in [2.45, 2.75) is 6.42 Å². The summed E-state index contributed by atoms with van der Waals surface area (Å²) in [6.07, 6.45) is -0.532. The Kier molecular flexibility index (Phi) is 5.57. The largest absolute Gasteiger partial charge is 0.493 e. The zero-order valence-electron chi connectivity index (χ0n) is 12.8. The second-order valence-corrected chi connectivity index (χ2v) is 4.43. The topological polar surface area (TPSA) is 71.1 Å². The number of esters is 2. The molecule has 0 fully saturated rings. The third-order valence-electron chi connectivity index (χ3n) is 2.87. The van der Waals surface area contributed by atoms with E-state index in [1.807, 2.05) is 0 Å². The molecule has 6 nitrogen and oxygen atoms in total. The Bertz CT molecular complexity index is 635. The average Bonchev–Trinajstić information content (AvgIpc) is 2.55. The summed E-state index contributed by atoms with van der Waals surface area (Å²) in [7, 11) is 2.92. The van der Waals surface area contributed by atoms with Gasteiger partial charge in [0, 0.05) is 0 Å². The molecule has 2 rings (SSSR count). The molecule has 0 aliphatic carbocycles. The zero-order valence-corrected chi connectivity index (χ0v) is 12.8. The van der Waals surface area contributed by atoms with Gasteiger partial charge in [-0.2, -0.15) is 0 Å².